The molecule has 1 aliphatic heterocycles. The van der Waals surface area contributed by atoms with Crippen molar-refractivity contribution in [2.45, 2.75) is 65.3 Å². The molecule has 29 heavy (non-hydrogen) atoms. The maximum atomic E-state index is 12.5. The van der Waals surface area contributed by atoms with E-state index in [0.717, 1.165) is 12.0 Å². The maximum absolute atomic E-state index is 12.5. The van der Waals surface area contributed by atoms with Gasteiger partial charge in [-0.05, 0) is 49.4 Å². The van der Waals surface area contributed by atoms with E-state index in [9.17, 15) is 9.59 Å². The Labute approximate surface area is 171 Å². The number of amides is 2. The normalized spacial score (nSPS) is 21.8. The number of carbonyl (C=O) groups excluding carboxylic acids is 2. The van der Waals surface area contributed by atoms with Crippen molar-refractivity contribution < 1.29 is 14.3 Å². The van der Waals surface area contributed by atoms with E-state index >= 15 is 0 Å². The molecule has 2 aromatic rings. The van der Waals surface area contributed by atoms with Gasteiger partial charge in [-0.25, -0.2) is 0 Å². The van der Waals surface area contributed by atoms with Gasteiger partial charge in [0.25, 0.3) is 5.91 Å². The molecule has 156 valence electrons. The number of nitrogens with one attached hydrogen (secondary N) is 2. The van der Waals surface area contributed by atoms with Gasteiger partial charge in [0.1, 0.15) is 0 Å². The van der Waals surface area contributed by atoms with Gasteiger partial charge in [0, 0.05) is 31.4 Å². The first-order chi connectivity index (χ1) is 13.9. The number of aromatic nitrogens is 2. The highest BCUT2D eigenvalue weighted by Crippen LogP contribution is 2.35. The lowest BCUT2D eigenvalue weighted by Crippen LogP contribution is -2.43. The van der Waals surface area contributed by atoms with Crippen LogP contribution in [0.4, 0.5) is 5.69 Å². The monoisotopic (exact) mass is 398 g/mol. The first-order valence-electron chi connectivity index (χ1n) is 10.2. The van der Waals surface area contributed by atoms with Gasteiger partial charge in [-0.2, -0.15) is 5.10 Å². The van der Waals surface area contributed by atoms with E-state index in [1.54, 1.807) is 23.9 Å². The van der Waals surface area contributed by atoms with E-state index in [1.807, 2.05) is 31.2 Å². The fraction of sp³-hybridized carbons (Fsp3) is 0.500. The molecule has 0 unspecified atom stereocenters. The highest BCUT2D eigenvalue weighted by atomic mass is 16.5. The molecule has 7 heteroatoms. The minimum Gasteiger partial charge on any atom is -0.370 e. The lowest BCUT2D eigenvalue weighted by Gasteiger charge is -2.38. The van der Waals surface area contributed by atoms with Crippen LogP contribution in [-0.4, -0.2) is 33.7 Å². The smallest absolute Gasteiger partial charge is 0.276 e. The van der Waals surface area contributed by atoms with Gasteiger partial charge >= 0.3 is 0 Å². The molecule has 2 heterocycles. The van der Waals surface area contributed by atoms with Crippen LogP contribution in [0.5, 0.6) is 0 Å². The second-order valence-corrected chi connectivity index (χ2v) is 7.91. The third kappa shape index (κ3) is 5.44. The van der Waals surface area contributed by atoms with Gasteiger partial charge in [0.05, 0.1) is 12.2 Å². The summed E-state index contributed by atoms with van der Waals surface area (Å²) in [5.74, 6) is 0.0893. The first kappa shape index (κ1) is 21.0. The van der Waals surface area contributed by atoms with Crippen LogP contribution in [0.3, 0.4) is 0 Å². The zero-order chi connectivity index (χ0) is 21.0. The molecule has 1 fully saturated rings. The van der Waals surface area contributed by atoms with E-state index < -0.39 is 0 Å². The van der Waals surface area contributed by atoms with Crippen LogP contribution < -0.4 is 10.6 Å². The molecule has 3 atom stereocenters. The fourth-order valence-electron chi connectivity index (χ4n) is 3.68. The Morgan fingerprint density at radius 1 is 1.28 bits per heavy atom. The first-order valence-corrected chi connectivity index (χ1v) is 10.2. The van der Waals surface area contributed by atoms with E-state index in [-0.39, 0.29) is 30.1 Å². The number of carbonyl (C=O) groups is 2. The molecule has 0 radical (unpaired) electrons. The zero-order valence-corrected chi connectivity index (χ0v) is 17.5. The summed E-state index contributed by atoms with van der Waals surface area (Å²) in [6.07, 6.45) is 3.24. The van der Waals surface area contributed by atoms with Gasteiger partial charge in [-0.3, -0.25) is 14.3 Å². The fourth-order valence-corrected chi connectivity index (χ4v) is 3.68. The Hall–Kier alpha value is -2.67. The number of hydrogen-bond acceptors (Lipinski definition) is 4. The van der Waals surface area contributed by atoms with Crippen molar-refractivity contribution in [3.05, 3.63) is 47.8 Å². The summed E-state index contributed by atoms with van der Waals surface area (Å²) in [7, 11) is 0. The lowest BCUT2D eigenvalue weighted by molar-refractivity contribution is -0.123. The van der Waals surface area contributed by atoms with Crippen molar-refractivity contribution in [1.82, 2.24) is 15.1 Å². The molecular weight excluding hydrogens is 368 g/mol. The van der Waals surface area contributed by atoms with Crippen LogP contribution in [0, 0.1) is 5.92 Å². The Morgan fingerprint density at radius 2 is 2.07 bits per heavy atom. The largest absolute Gasteiger partial charge is 0.370 e. The Morgan fingerprint density at radius 3 is 2.72 bits per heavy atom. The van der Waals surface area contributed by atoms with Crippen molar-refractivity contribution >= 4 is 17.5 Å². The van der Waals surface area contributed by atoms with Gasteiger partial charge < -0.3 is 15.4 Å². The van der Waals surface area contributed by atoms with E-state index in [0.29, 0.717) is 30.3 Å². The molecule has 1 aromatic carbocycles. The van der Waals surface area contributed by atoms with E-state index in [2.05, 4.69) is 29.6 Å². The van der Waals surface area contributed by atoms with Crippen LogP contribution in [0.25, 0.3) is 0 Å². The highest BCUT2D eigenvalue weighted by molar-refractivity contribution is 6.02. The average Bonchev–Trinajstić information content (AvgIpc) is 3.17. The van der Waals surface area contributed by atoms with Crippen LogP contribution in [0.15, 0.2) is 36.5 Å². The lowest BCUT2D eigenvalue weighted by atomic mass is 9.89. The SMILES string of the molecule is CCn1ccc(C(=O)Nc2cccc([C@@H]3C[C@H](NC(C)=O)C[C@H](C(C)C)O3)c2)n1. The number of ether oxygens (including phenoxy) is 1. The minimum absolute atomic E-state index is 0.0225. The molecular formula is C22H30N4O3. The number of aryl methyl sites for hydroxylation is 1. The summed E-state index contributed by atoms with van der Waals surface area (Å²) in [6, 6.07) is 9.48. The number of benzene rings is 1. The summed E-state index contributed by atoms with van der Waals surface area (Å²) in [5.41, 5.74) is 2.07. The molecule has 7 nitrogen and oxygen atoms in total. The van der Waals surface area contributed by atoms with Crippen molar-refractivity contribution in [3.63, 3.8) is 0 Å². The summed E-state index contributed by atoms with van der Waals surface area (Å²) in [6.45, 7) is 8.49. The minimum atomic E-state index is -0.241. The van der Waals surface area contributed by atoms with Crippen LogP contribution in [0.2, 0.25) is 0 Å². The number of anilines is 1. The maximum Gasteiger partial charge on any atom is 0.276 e. The standard InChI is InChI=1S/C22H30N4O3/c1-5-26-10-9-19(25-26)22(28)24-17-8-6-7-16(11-17)21-13-18(23-15(4)27)12-20(29-21)14(2)3/h6-11,14,18,20-21H,5,12-13H2,1-4H3,(H,23,27)(H,24,28)/t18-,20-,21+/m1/s1. The zero-order valence-electron chi connectivity index (χ0n) is 17.5. The summed E-state index contributed by atoms with van der Waals surface area (Å²) < 4.78 is 8.05. The van der Waals surface area contributed by atoms with Gasteiger partial charge in [0.2, 0.25) is 5.91 Å². The third-order valence-corrected chi connectivity index (χ3v) is 5.22. The highest BCUT2D eigenvalue weighted by Gasteiger charge is 2.32. The van der Waals surface area contributed by atoms with Gasteiger partial charge in [-0.1, -0.05) is 26.0 Å². The van der Waals surface area contributed by atoms with E-state index in [1.165, 1.54) is 0 Å². The molecule has 0 aliphatic carbocycles. The molecule has 0 spiro atoms. The van der Waals surface area contributed by atoms with Crippen LogP contribution in [0.1, 0.15) is 62.7 Å². The Balaban J connectivity index is 1.74. The van der Waals surface area contributed by atoms with E-state index in [4.69, 9.17) is 4.74 Å². The molecule has 0 saturated carbocycles. The molecule has 1 aliphatic rings. The Kier molecular flexibility index (Phi) is 6.69. The van der Waals surface area contributed by atoms with Crippen molar-refractivity contribution in [1.29, 1.82) is 0 Å². The quantitative estimate of drug-likeness (QED) is 0.779. The summed E-state index contributed by atoms with van der Waals surface area (Å²) in [4.78, 5) is 24.0. The van der Waals surface area contributed by atoms with Gasteiger partial charge in [-0.15, -0.1) is 0 Å². The number of nitrogens with zero attached hydrogens (tertiary/aromatic N) is 2. The molecule has 0 bridgehead atoms. The summed E-state index contributed by atoms with van der Waals surface area (Å²) in [5, 5.41) is 10.2. The Bertz CT molecular complexity index is 861. The predicted octanol–water partition coefficient (Wildman–Crippen LogP) is 3.54. The summed E-state index contributed by atoms with van der Waals surface area (Å²) >= 11 is 0. The molecule has 1 aromatic heterocycles. The van der Waals surface area contributed by atoms with Crippen LogP contribution in [-0.2, 0) is 16.1 Å². The molecule has 1 saturated heterocycles. The third-order valence-electron chi connectivity index (χ3n) is 5.22. The average molecular weight is 399 g/mol. The molecule has 2 N–H and O–H groups in total. The number of hydrogen-bond donors (Lipinski definition) is 2. The predicted molar refractivity (Wildman–Crippen MR) is 112 cm³/mol. The molecule has 2 amide bonds. The van der Waals surface area contributed by atoms with Crippen molar-refractivity contribution in [2.24, 2.45) is 5.92 Å². The van der Waals surface area contributed by atoms with Crippen molar-refractivity contribution in [3.8, 4) is 0 Å². The van der Waals surface area contributed by atoms with Gasteiger partial charge in [0.15, 0.2) is 5.69 Å². The second-order valence-electron chi connectivity index (χ2n) is 7.91. The van der Waals surface area contributed by atoms with Crippen LogP contribution >= 0.6 is 0 Å². The second kappa shape index (κ2) is 9.22. The topological polar surface area (TPSA) is 85.2 Å². The molecule has 3 rings (SSSR count). The van der Waals surface area contributed by atoms with Crippen molar-refractivity contribution in [2.75, 3.05) is 5.32 Å². The number of rotatable bonds is 6.